The molecular formula is C22H36O4Si. The molecule has 152 valence electrons. The quantitative estimate of drug-likeness (QED) is 0.216. The maximum Gasteiger partial charge on any atom is 0.306 e. The highest BCUT2D eigenvalue weighted by Crippen LogP contribution is 2.36. The summed E-state index contributed by atoms with van der Waals surface area (Å²) in [6.07, 6.45) is 3.75. The molecule has 1 aliphatic carbocycles. The second-order valence-electron chi connectivity index (χ2n) is 9.73. The number of hydrogen-bond acceptors (Lipinski definition) is 4. The van der Waals surface area contributed by atoms with Crippen molar-refractivity contribution >= 4 is 20.1 Å². The summed E-state index contributed by atoms with van der Waals surface area (Å²) in [4.78, 5) is 24.2. The Morgan fingerprint density at radius 2 is 1.85 bits per heavy atom. The van der Waals surface area contributed by atoms with Gasteiger partial charge in [-0.2, -0.15) is 0 Å². The van der Waals surface area contributed by atoms with E-state index in [2.05, 4.69) is 45.7 Å². The van der Waals surface area contributed by atoms with Crippen LogP contribution in [0.15, 0.2) is 11.6 Å². The van der Waals surface area contributed by atoms with E-state index in [4.69, 9.17) is 9.16 Å². The molecule has 0 saturated heterocycles. The number of esters is 1. The van der Waals surface area contributed by atoms with E-state index >= 15 is 0 Å². The topological polar surface area (TPSA) is 52.6 Å². The molecule has 0 aromatic heterocycles. The lowest BCUT2D eigenvalue weighted by atomic mass is 9.98. The zero-order chi connectivity index (χ0) is 20.9. The van der Waals surface area contributed by atoms with Crippen molar-refractivity contribution in [2.24, 2.45) is 5.92 Å². The van der Waals surface area contributed by atoms with E-state index in [-0.39, 0.29) is 29.1 Å². The molecule has 1 fully saturated rings. The summed E-state index contributed by atoms with van der Waals surface area (Å²) < 4.78 is 11.5. The Kier molecular flexibility index (Phi) is 8.07. The molecule has 1 rings (SSSR count). The number of allylic oxidation sites excluding steroid dienone is 2. The van der Waals surface area contributed by atoms with Crippen molar-refractivity contribution < 1.29 is 18.8 Å². The maximum atomic E-state index is 12.1. The van der Waals surface area contributed by atoms with E-state index in [1.54, 1.807) is 6.08 Å². The van der Waals surface area contributed by atoms with Gasteiger partial charge in [0.1, 0.15) is 5.60 Å². The summed E-state index contributed by atoms with van der Waals surface area (Å²) in [5.74, 6) is 5.81. The van der Waals surface area contributed by atoms with Crippen LogP contribution in [0, 0.1) is 17.8 Å². The molecule has 1 unspecified atom stereocenters. The lowest BCUT2D eigenvalue weighted by molar-refractivity contribution is -0.155. The summed E-state index contributed by atoms with van der Waals surface area (Å²) in [6.45, 7) is 17.2. The average molecular weight is 393 g/mol. The molecule has 0 spiro atoms. The molecule has 5 heteroatoms. The molecule has 4 nitrogen and oxygen atoms in total. The van der Waals surface area contributed by atoms with E-state index in [0.717, 1.165) is 0 Å². The van der Waals surface area contributed by atoms with Gasteiger partial charge in [-0.15, -0.1) is 0 Å². The van der Waals surface area contributed by atoms with Crippen LogP contribution >= 0.6 is 0 Å². The normalized spacial score (nSPS) is 19.8. The van der Waals surface area contributed by atoms with Gasteiger partial charge >= 0.3 is 5.97 Å². The highest BCUT2D eigenvalue weighted by Gasteiger charge is 2.36. The van der Waals surface area contributed by atoms with Gasteiger partial charge in [-0.3, -0.25) is 9.59 Å². The zero-order valence-corrected chi connectivity index (χ0v) is 19.3. The Bertz CT molecular complexity index is 636. The fraction of sp³-hybridized carbons (Fsp3) is 0.727. The summed E-state index contributed by atoms with van der Waals surface area (Å²) in [6, 6.07) is 0. The number of ether oxygens (including phenoxy) is 1. The van der Waals surface area contributed by atoms with Crippen LogP contribution in [0.1, 0.15) is 67.2 Å². The molecule has 1 atom stereocenters. The number of carbonyl (C=O) groups is 2. The van der Waals surface area contributed by atoms with E-state index in [0.29, 0.717) is 31.4 Å². The summed E-state index contributed by atoms with van der Waals surface area (Å²) in [5.41, 5.74) is 0.159. The van der Waals surface area contributed by atoms with Crippen molar-refractivity contribution in [1.82, 2.24) is 0 Å². The van der Waals surface area contributed by atoms with Crippen LogP contribution in [0.2, 0.25) is 18.1 Å². The Hall–Kier alpha value is -1.38. The van der Waals surface area contributed by atoms with Crippen molar-refractivity contribution in [3.63, 3.8) is 0 Å². The highest BCUT2D eigenvalue weighted by molar-refractivity contribution is 6.74. The molecule has 0 radical (unpaired) electrons. The maximum absolute atomic E-state index is 12.1. The molecule has 27 heavy (non-hydrogen) atoms. The summed E-state index contributed by atoms with van der Waals surface area (Å²) in [7, 11) is -1.74. The number of Topliss-reactive ketones (excluding diaryl/α,β-unsaturated/α-hetero) is 1. The standard InChI is InChI=1S/C22H36O4Si/c1-21(2,3)26-20(24)16-17-13-14-19(23)18(17)12-10-9-11-15-25-27(7,8)22(4,5)6/h12,17H,11,13-16H2,1-8H3/b18-12+. The minimum absolute atomic E-state index is 0.0786. The van der Waals surface area contributed by atoms with Crippen molar-refractivity contribution in [1.29, 1.82) is 0 Å². The Morgan fingerprint density at radius 1 is 1.22 bits per heavy atom. The largest absolute Gasteiger partial charge is 0.460 e. The predicted molar refractivity (Wildman–Crippen MR) is 112 cm³/mol. The molecule has 1 saturated carbocycles. The first-order valence-corrected chi connectivity index (χ1v) is 12.7. The van der Waals surface area contributed by atoms with Crippen LogP contribution < -0.4 is 0 Å². The Labute approximate surface area is 166 Å². The van der Waals surface area contributed by atoms with Crippen LogP contribution in [-0.2, 0) is 18.8 Å². The van der Waals surface area contributed by atoms with Crippen LogP contribution in [0.4, 0.5) is 0 Å². The van der Waals surface area contributed by atoms with Gasteiger partial charge in [0, 0.05) is 25.0 Å². The van der Waals surface area contributed by atoms with Crippen molar-refractivity contribution in [2.75, 3.05) is 6.61 Å². The summed E-state index contributed by atoms with van der Waals surface area (Å²) in [5, 5.41) is 0.188. The minimum atomic E-state index is -1.74. The zero-order valence-electron chi connectivity index (χ0n) is 18.3. The van der Waals surface area contributed by atoms with Crippen molar-refractivity contribution in [3.8, 4) is 11.8 Å². The second kappa shape index (κ2) is 9.21. The Balaban J connectivity index is 2.59. The fourth-order valence-electron chi connectivity index (χ4n) is 2.60. The third-order valence-corrected chi connectivity index (χ3v) is 9.68. The number of hydrogen-bond donors (Lipinski definition) is 0. The number of ketones is 1. The number of rotatable bonds is 5. The molecule has 1 aliphatic rings. The van der Waals surface area contributed by atoms with Gasteiger partial charge in [0.2, 0.25) is 0 Å². The van der Waals surface area contributed by atoms with Gasteiger partial charge in [0.15, 0.2) is 14.1 Å². The third kappa shape index (κ3) is 8.02. The third-order valence-electron chi connectivity index (χ3n) is 5.14. The van der Waals surface area contributed by atoms with Gasteiger partial charge in [-0.1, -0.05) is 32.6 Å². The lowest BCUT2D eigenvalue weighted by Crippen LogP contribution is -2.40. The van der Waals surface area contributed by atoms with Crippen LogP contribution in [-0.4, -0.2) is 32.3 Å². The molecular weight excluding hydrogens is 356 g/mol. The van der Waals surface area contributed by atoms with E-state index in [9.17, 15) is 9.59 Å². The molecule has 0 amide bonds. The highest BCUT2D eigenvalue weighted by atomic mass is 28.4. The SMILES string of the molecule is CC(C)(C)OC(=O)CC1CCC(=O)/C1=C/C#CCCO[Si](C)(C)C(C)(C)C. The van der Waals surface area contributed by atoms with Crippen LogP contribution in [0.25, 0.3) is 0 Å². The predicted octanol–water partition coefficient (Wildman–Crippen LogP) is 5.04. The fourth-order valence-corrected chi connectivity index (χ4v) is 3.65. The first-order valence-electron chi connectivity index (χ1n) is 9.80. The van der Waals surface area contributed by atoms with E-state index < -0.39 is 13.9 Å². The molecule has 0 bridgehead atoms. The number of carbonyl (C=O) groups excluding carboxylic acids is 2. The molecule has 0 heterocycles. The smallest absolute Gasteiger partial charge is 0.306 e. The van der Waals surface area contributed by atoms with Gasteiger partial charge < -0.3 is 9.16 Å². The van der Waals surface area contributed by atoms with Crippen molar-refractivity contribution in [2.45, 2.75) is 91.0 Å². The van der Waals surface area contributed by atoms with E-state index in [1.807, 2.05) is 20.8 Å². The summed E-state index contributed by atoms with van der Waals surface area (Å²) >= 11 is 0. The minimum Gasteiger partial charge on any atom is -0.460 e. The van der Waals surface area contributed by atoms with Gasteiger partial charge in [-0.05, 0) is 57.3 Å². The molecule has 0 aromatic rings. The first-order chi connectivity index (χ1) is 12.2. The monoisotopic (exact) mass is 392 g/mol. The molecule has 0 N–H and O–H groups in total. The first kappa shape index (κ1) is 23.7. The Morgan fingerprint density at radius 3 is 2.41 bits per heavy atom. The molecule has 0 aromatic carbocycles. The van der Waals surface area contributed by atoms with E-state index in [1.165, 1.54) is 0 Å². The van der Waals surface area contributed by atoms with Crippen LogP contribution in [0.3, 0.4) is 0 Å². The lowest BCUT2D eigenvalue weighted by Gasteiger charge is -2.35. The average Bonchev–Trinajstić information content (AvgIpc) is 2.80. The van der Waals surface area contributed by atoms with Crippen molar-refractivity contribution in [3.05, 3.63) is 11.6 Å². The van der Waals surface area contributed by atoms with Crippen LogP contribution in [0.5, 0.6) is 0 Å². The second-order valence-corrected chi connectivity index (χ2v) is 14.5. The van der Waals surface area contributed by atoms with Gasteiger partial charge in [0.25, 0.3) is 0 Å². The van der Waals surface area contributed by atoms with Gasteiger partial charge in [-0.25, -0.2) is 0 Å². The van der Waals surface area contributed by atoms with Gasteiger partial charge in [0.05, 0.1) is 6.42 Å². The molecule has 0 aliphatic heterocycles.